The van der Waals surface area contributed by atoms with Gasteiger partial charge in [0.05, 0.1) is 15.9 Å². The van der Waals surface area contributed by atoms with Crippen molar-refractivity contribution in [2.24, 2.45) is 11.5 Å². The number of nitrogens with two attached hydrogens (primary N) is 2. The summed E-state index contributed by atoms with van der Waals surface area (Å²) in [7, 11) is 0. The SMILES string of the molecule is C.CC.NC(=S)Oc1ccc([N+](=O)[O-])cc1[N+](=O)[O-].NC(O)=S. The standard InChI is InChI=1S/C7H5N3O5S.C2H6.CH3NOS.CH4/c8-7(16)15-6-2-1-4(9(11)12)3-5(6)10(13)14;1-2;2-1(3)4;/h1-3H,(H2,8,16);1-2H3;(H3,2,3,4);1H4. The molecule has 23 heavy (non-hydrogen) atoms. The first kappa shape index (κ1) is 25.4. The van der Waals surface area contributed by atoms with Gasteiger partial charge in [0.2, 0.25) is 5.75 Å². The molecule has 130 valence electrons. The second-order valence-corrected chi connectivity index (χ2v) is 3.75. The summed E-state index contributed by atoms with van der Waals surface area (Å²) in [5.74, 6) is -0.233. The van der Waals surface area contributed by atoms with Crippen molar-refractivity contribution in [1.82, 2.24) is 0 Å². The van der Waals surface area contributed by atoms with Gasteiger partial charge in [-0.2, -0.15) is 0 Å². The first-order valence-corrected chi connectivity index (χ1v) is 6.35. The molecule has 10 nitrogen and oxygen atoms in total. The normalized spacial score (nSPS) is 7.91. The fourth-order valence-corrected chi connectivity index (χ4v) is 1.05. The molecule has 0 atom stereocenters. The highest BCUT2D eigenvalue weighted by Crippen LogP contribution is 2.30. The Balaban J connectivity index is -0.000000498. The fourth-order valence-electron chi connectivity index (χ4n) is 0.957. The fraction of sp³-hybridized carbons (Fsp3) is 0.273. The lowest BCUT2D eigenvalue weighted by molar-refractivity contribution is -0.394. The van der Waals surface area contributed by atoms with E-state index < -0.39 is 31.6 Å². The Bertz CT molecular complexity index is 563. The molecular formula is C11H18N4O6S2. The van der Waals surface area contributed by atoms with Crippen molar-refractivity contribution in [3.05, 3.63) is 38.4 Å². The van der Waals surface area contributed by atoms with Gasteiger partial charge in [-0.3, -0.25) is 20.2 Å². The summed E-state index contributed by atoms with van der Waals surface area (Å²) in [6.45, 7) is 4.00. The zero-order valence-corrected chi connectivity index (χ0v) is 13.2. The van der Waals surface area contributed by atoms with Crippen LogP contribution in [0.4, 0.5) is 11.4 Å². The van der Waals surface area contributed by atoms with Gasteiger partial charge in [-0.05, 0) is 30.5 Å². The first-order valence-electron chi connectivity index (χ1n) is 5.53. The van der Waals surface area contributed by atoms with Crippen LogP contribution in [0.25, 0.3) is 0 Å². The van der Waals surface area contributed by atoms with Gasteiger partial charge >= 0.3 is 5.69 Å². The molecule has 1 aromatic rings. The molecule has 0 amide bonds. The lowest BCUT2D eigenvalue weighted by atomic mass is 10.2. The number of rotatable bonds is 3. The highest BCUT2D eigenvalue weighted by atomic mass is 32.1. The number of ether oxygens (including phenoxy) is 1. The van der Waals surface area contributed by atoms with E-state index in [4.69, 9.17) is 10.8 Å². The van der Waals surface area contributed by atoms with E-state index in [0.717, 1.165) is 18.2 Å². The van der Waals surface area contributed by atoms with Gasteiger partial charge in [-0.1, -0.05) is 21.3 Å². The van der Waals surface area contributed by atoms with Gasteiger partial charge in [-0.15, -0.1) is 0 Å². The second kappa shape index (κ2) is 13.1. The van der Waals surface area contributed by atoms with Gasteiger partial charge < -0.3 is 21.3 Å². The molecule has 0 spiro atoms. The average molecular weight is 366 g/mol. The molecule has 5 N–H and O–H groups in total. The quantitative estimate of drug-likeness (QED) is 0.410. The number of aliphatic hydroxyl groups is 1. The first-order chi connectivity index (χ1) is 10.1. The molecule has 0 bridgehead atoms. The summed E-state index contributed by atoms with van der Waals surface area (Å²) < 4.78 is 4.69. The summed E-state index contributed by atoms with van der Waals surface area (Å²) in [6, 6.07) is 2.89. The lowest BCUT2D eigenvalue weighted by Gasteiger charge is -2.02. The van der Waals surface area contributed by atoms with Crippen molar-refractivity contribution in [2.75, 3.05) is 0 Å². The molecule has 12 heteroatoms. The van der Waals surface area contributed by atoms with Gasteiger partial charge in [0.15, 0.2) is 0 Å². The van der Waals surface area contributed by atoms with Crippen LogP contribution >= 0.6 is 24.4 Å². The van der Waals surface area contributed by atoms with Crippen LogP contribution in [0.15, 0.2) is 18.2 Å². The molecule has 0 unspecified atom stereocenters. The summed E-state index contributed by atoms with van der Waals surface area (Å²) in [5.41, 5.74) is 8.46. The van der Waals surface area contributed by atoms with E-state index in [1.54, 1.807) is 0 Å². The Hall–Kier alpha value is -2.60. The Morgan fingerprint density at radius 3 is 1.91 bits per heavy atom. The molecule has 0 heterocycles. The Labute approximate surface area is 143 Å². The molecular weight excluding hydrogens is 348 g/mol. The predicted octanol–water partition coefficient (Wildman–Crippen LogP) is 2.58. The summed E-state index contributed by atoms with van der Waals surface area (Å²) >= 11 is 8.28. The number of thiocarbonyl (C=S) groups is 2. The van der Waals surface area contributed by atoms with Crippen LogP contribution < -0.4 is 16.2 Å². The molecule has 0 fully saturated rings. The van der Waals surface area contributed by atoms with Crippen molar-refractivity contribution >= 4 is 46.2 Å². The van der Waals surface area contributed by atoms with Crippen LogP contribution in [0.2, 0.25) is 0 Å². The highest BCUT2D eigenvalue weighted by Gasteiger charge is 2.21. The second-order valence-electron chi connectivity index (χ2n) is 2.93. The van der Waals surface area contributed by atoms with Crippen molar-refractivity contribution in [2.45, 2.75) is 21.3 Å². The number of non-ortho nitro benzene ring substituents is 1. The van der Waals surface area contributed by atoms with Crippen molar-refractivity contribution in [1.29, 1.82) is 0 Å². The van der Waals surface area contributed by atoms with E-state index in [2.05, 4.69) is 34.9 Å². The van der Waals surface area contributed by atoms with Crippen LogP contribution in [0, 0.1) is 20.2 Å². The van der Waals surface area contributed by atoms with Gasteiger partial charge in [-0.25, -0.2) is 0 Å². The van der Waals surface area contributed by atoms with E-state index in [9.17, 15) is 20.2 Å². The van der Waals surface area contributed by atoms with E-state index >= 15 is 0 Å². The maximum Gasteiger partial charge on any atom is 0.318 e. The minimum atomic E-state index is -0.819. The largest absolute Gasteiger partial charge is 0.487 e. The van der Waals surface area contributed by atoms with Crippen LogP contribution in [0.3, 0.4) is 0 Å². The van der Waals surface area contributed by atoms with Crippen molar-refractivity contribution < 1.29 is 19.7 Å². The smallest absolute Gasteiger partial charge is 0.318 e. The number of nitro benzene ring substituents is 2. The monoisotopic (exact) mass is 366 g/mol. The number of hydrogen-bond donors (Lipinski definition) is 3. The lowest BCUT2D eigenvalue weighted by Crippen LogP contribution is -2.16. The summed E-state index contributed by atoms with van der Waals surface area (Å²) in [5, 5.41) is 27.7. The maximum absolute atomic E-state index is 10.6. The number of nitro groups is 2. The third-order valence-corrected chi connectivity index (χ3v) is 1.64. The molecule has 0 radical (unpaired) electrons. The average Bonchev–Trinajstić information content (AvgIpc) is 2.39. The van der Waals surface area contributed by atoms with E-state index in [0.29, 0.717) is 0 Å². The zero-order chi connectivity index (χ0) is 17.9. The van der Waals surface area contributed by atoms with Gasteiger partial charge in [0.1, 0.15) is 0 Å². The summed E-state index contributed by atoms with van der Waals surface area (Å²) in [4.78, 5) is 19.4. The van der Waals surface area contributed by atoms with E-state index in [1.807, 2.05) is 13.8 Å². The number of benzene rings is 1. The Kier molecular flexibility index (Phi) is 14.4. The molecule has 0 aliphatic rings. The zero-order valence-electron chi connectivity index (χ0n) is 11.6. The van der Waals surface area contributed by atoms with Crippen molar-refractivity contribution in [3.63, 3.8) is 0 Å². The molecule has 1 rings (SSSR count). The third-order valence-electron chi connectivity index (χ3n) is 1.56. The van der Waals surface area contributed by atoms with Crippen molar-refractivity contribution in [3.8, 4) is 5.75 Å². The summed E-state index contributed by atoms with van der Waals surface area (Å²) in [6.07, 6.45) is 0. The molecule has 0 aromatic heterocycles. The molecule has 0 aliphatic heterocycles. The molecule has 1 aromatic carbocycles. The number of nitrogens with zero attached hydrogens (tertiary/aromatic N) is 2. The predicted molar refractivity (Wildman–Crippen MR) is 94.7 cm³/mol. The number of aliphatic hydroxyl groups excluding tert-OH is 1. The molecule has 0 saturated heterocycles. The van der Waals surface area contributed by atoms with Crippen LogP contribution in [-0.2, 0) is 0 Å². The van der Waals surface area contributed by atoms with Crippen LogP contribution in [0.5, 0.6) is 5.75 Å². The minimum absolute atomic E-state index is 0. The molecule has 0 aliphatic carbocycles. The number of hydrogen-bond acceptors (Lipinski definition) is 7. The third kappa shape index (κ3) is 11.7. The maximum atomic E-state index is 10.6. The van der Waals surface area contributed by atoms with Gasteiger partial charge in [0.25, 0.3) is 16.0 Å². The van der Waals surface area contributed by atoms with Gasteiger partial charge in [0, 0.05) is 6.07 Å². The Morgan fingerprint density at radius 1 is 1.17 bits per heavy atom. The topological polar surface area (TPSA) is 168 Å². The van der Waals surface area contributed by atoms with Crippen LogP contribution in [0.1, 0.15) is 21.3 Å². The van der Waals surface area contributed by atoms with E-state index in [-0.39, 0.29) is 13.2 Å². The van der Waals surface area contributed by atoms with E-state index in [1.165, 1.54) is 0 Å². The Morgan fingerprint density at radius 2 is 1.61 bits per heavy atom. The van der Waals surface area contributed by atoms with Crippen LogP contribution in [-0.4, -0.2) is 25.3 Å². The molecule has 0 saturated carbocycles. The highest BCUT2D eigenvalue weighted by molar-refractivity contribution is 7.80. The minimum Gasteiger partial charge on any atom is -0.487 e.